The van der Waals surface area contributed by atoms with Crippen molar-refractivity contribution in [3.63, 3.8) is 0 Å². The van der Waals surface area contributed by atoms with Crippen LogP contribution in [0.3, 0.4) is 0 Å². The maximum atomic E-state index is 12.4. The minimum absolute atomic E-state index is 0.0336. The molecular weight excluding hydrogens is 232 g/mol. The van der Waals surface area contributed by atoms with E-state index in [0.29, 0.717) is 17.7 Å². The predicted molar refractivity (Wildman–Crippen MR) is 75.4 cm³/mol. The van der Waals surface area contributed by atoms with Crippen molar-refractivity contribution in [2.45, 2.75) is 33.7 Å². The summed E-state index contributed by atoms with van der Waals surface area (Å²) in [6.45, 7) is 11.4. The van der Waals surface area contributed by atoms with Gasteiger partial charge < -0.3 is 10.2 Å². The molecular formula is C13H26N2OS. The first-order valence-corrected chi connectivity index (χ1v) is 7.76. The molecule has 1 saturated heterocycles. The molecule has 1 fully saturated rings. The molecule has 1 aliphatic rings. The van der Waals surface area contributed by atoms with E-state index in [0.717, 1.165) is 31.1 Å². The van der Waals surface area contributed by atoms with Gasteiger partial charge in [0.1, 0.15) is 0 Å². The maximum Gasteiger partial charge on any atom is 0.240 e. The highest BCUT2D eigenvalue weighted by molar-refractivity contribution is 7.99. The highest BCUT2D eigenvalue weighted by Gasteiger charge is 2.26. The molecule has 0 aromatic rings. The Morgan fingerprint density at radius 1 is 1.29 bits per heavy atom. The van der Waals surface area contributed by atoms with Crippen LogP contribution in [0.1, 0.15) is 27.7 Å². The van der Waals surface area contributed by atoms with Gasteiger partial charge in [-0.05, 0) is 11.8 Å². The van der Waals surface area contributed by atoms with Crippen LogP contribution in [0.2, 0.25) is 0 Å². The number of rotatable bonds is 5. The fourth-order valence-corrected chi connectivity index (χ4v) is 3.01. The standard InChI is InChI=1S/C13H26N2OS/c1-10(2)7-15(8-11(3)4)13(16)12-9-17-6-5-14-12/h10-12,14H,5-9H2,1-4H3. The predicted octanol–water partition coefficient (Wildman–Crippen LogP) is 1.83. The van der Waals surface area contributed by atoms with Crippen molar-refractivity contribution in [3.8, 4) is 0 Å². The van der Waals surface area contributed by atoms with Gasteiger partial charge in [-0.15, -0.1) is 0 Å². The van der Waals surface area contributed by atoms with Gasteiger partial charge in [0.2, 0.25) is 5.91 Å². The molecule has 1 N–H and O–H groups in total. The molecule has 17 heavy (non-hydrogen) atoms. The Balaban J connectivity index is 2.56. The van der Waals surface area contributed by atoms with Crippen LogP contribution < -0.4 is 5.32 Å². The smallest absolute Gasteiger partial charge is 0.240 e. The minimum atomic E-state index is 0.0336. The summed E-state index contributed by atoms with van der Waals surface area (Å²) in [6, 6.07) is 0.0336. The molecule has 1 aliphatic heterocycles. The van der Waals surface area contributed by atoms with Crippen LogP contribution in [0.4, 0.5) is 0 Å². The van der Waals surface area contributed by atoms with E-state index in [1.807, 2.05) is 16.7 Å². The summed E-state index contributed by atoms with van der Waals surface area (Å²) < 4.78 is 0. The molecule has 0 aliphatic carbocycles. The third-order valence-electron chi connectivity index (χ3n) is 2.70. The van der Waals surface area contributed by atoms with E-state index >= 15 is 0 Å². The lowest BCUT2D eigenvalue weighted by Crippen LogP contribution is -2.52. The van der Waals surface area contributed by atoms with E-state index in [4.69, 9.17) is 0 Å². The van der Waals surface area contributed by atoms with Gasteiger partial charge in [-0.2, -0.15) is 11.8 Å². The van der Waals surface area contributed by atoms with Crippen molar-refractivity contribution in [3.05, 3.63) is 0 Å². The third-order valence-corrected chi connectivity index (χ3v) is 3.76. The van der Waals surface area contributed by atoms with Crippen LogP contribution in [0.25, 0.3) is 0 Å². The lowest BCUT2D eigenvalue weighted by atomic mass is 10.1. The quantitative estimate of drug-likeness (QED) is 0.816. The SMILES string of the molecule is CC(C)CN(CC(C)C)C(=O)C1CSCCN1. The Bertz CT molecular complexity index is 228. The summed E-state index contributed by atoms with van der Waals surface area (Å²) in [6.07, 6.45) is 0. The number of thioether (sulfide) groups is 1. The summed E-state index contributed by atoms with van der Waals surface area (Å²) in [5.41, 5.74) is 0. The molecule has 1 amide bonds. The Morgan fingerprint density at radius 2 is 1.88 bits per heavy atom. The summed E-state index contributed by atoms with van der Waals surface area (Å²) in [7, 11) is 0. The molecule has 0 aromatic carbocycles. The van der Waals surface area contributed by atoms with Crippen LogP contribution >= 0.6 is 11.8 Å². The first-order chi connectivity index (χ1) is 8.00. The number of hydrogen-bond acceptors (Lipinski definition) is 3. The number of carbonyl (C=O) groups excluding carboxylic acids is 1. The van der Waals surface area contributed by atoms with Gasteiger partial charge in [0, 0.05) is 31.1 Å². The molecule has 0 saturated carbocycles. The first-order valence-electron chi connectivity index (χ1n) is 6.60. The fourth-order valence-electron chi connectivity index (χ4n) is 2.08. The van der Waals surface area contributed by atoms with Gasteiger partial charge in [0.25, 0.3) is 0 Å². The van der Waals surface area contributed by atoms with Crippen molar-refractivity contribution in [2.24, 2.45) is 11.8 Å². The second-order valence-electron chi connectivity index (χ2n) is 5.61. The summed E-state index contributed by atoms with van der Waals surface area (Å²) >= 11 is 1.88. The first kappa shape index (κ1) is 14.8. The molecule has 0 bridgehead atoms. The van der Waals surface area contributed by atoms with Gasteiger partial charge >= 0.3 is 0 Å². The zero-order valence-corrected chi connectivity index (χ0v) is 12.3. The highest BCUT2D eigenvalue weighted by atomic mass is 32.2. The molecule has 1 rings (SSSR count). The number of hydrogen-bond donors (Lipinski definition) is 1. The number of nitrogens with one attached hydrogen (secondary N) is 1. The highest BCUT2D eigenvalue weighted by Crippen LogP contribution is 2.12. The zero-order chi connectivity index (χ0) is 12.8. The Labute approximate surface area is 110 Å². The molecule has 0 aromatic heterocycles. The average molecular weight is 258 g/mol. The molecule has 1 atom stereocenters. The molecule has 0 radical (unpaired) electrons. The molecule has 0 spiro atoms. The normalized spacial score (nSPS) is 20.9. The van der Waals surface area contributed by atoms with Crippen LogP contribution in [0, 0.1) is 11.8 Å². The second-order valence-corrected chi connectivity index (χ2v) is 6.76. The van der Waals surface area contributed by atoms with Gasteiger partial charge in [-0.1, -0.05) is 27.7 Å². The zero-order valence-electron chi connectivity index (χ0n) is 11.5. The summed E-state index contributed by atoms with van der Waals surface area (Å²) in [5, 5.41) is 3.33. The molecule has 3 nitrogen and oxygen atoms in total. The Morgan fingerprint density at radius 3 is 2.29 bits per heavy atom. The van der Waals surface area contributed by atoms with E-state index in [-0.39, 0.29) is 6.04 Å². The summed E-state index contributed by atoms with van der Waals surface area (Å²) in [4.78, 5) is 14.5. The maximum absolute atomic E-state index is 12.4. The number of carbonyl (C=O) groups is 1. The van der Waals surface area contributed by atoms with Gasteiger partial charge in [-0.25, -0.2) is 0 Å². The molecule has 1 unspecified atom stereocenters. The molecule has 100 valence electrons. The van der Waals surface area contributed by atoms with E-state index in [9.17, 15) is 4.79 Å². The van der Waals surface area contributed by atoms with Crippen LogP contribution in [-0.4, -0.2) is 48.0 Å². The van der Waals surface area contributed by atoms with E-state index < -0.39 is 0 Å². The van der Waals surface area contributed by atoms with Crippen molar-refractivity contribution < 1.29 is 4.79 Å². The van der Waals surface area contributed by atoms with Crippen molar-refractivity contribution in [1.82, 2.24) is 10.2 Å². The van der Waals surface area contributed by atoms with Crippen LogP contribution in [-0.2, 0) is 4.79 Å². The third kappa shape index (κ3) is 5.30. The molecule has 4 heteroatoms. The molecule has 1 heterocycles. The van der Waals surface area contributed by atoms with Crippen LogP contribution in [0.5, 0.6) is 0 Å². The lowest BCUT2D eigenvalue weighted by molar-refractivity contribution is -0.134. The van der Waals surface area contributed by atoms with Gasteiger partial charge in [0.05, 0.1) is 6.04 Å². The monoisotopic (exact) mass is 258 g/mol. The largest absolute Gasteiger partial charge is 0.341 e. The van der Waals surface area contributed by atoms with E-state index in [2.05, 4.69) is 33.0 Å². The van der Waals surface area contributed by atoms with Gasteiger partial charge in [0.15, 0.2) is 0 Å². The fraction of sp³-hybridized carbons (Fsp3) is 0.923. The summed E-state index contributed by atoms with van der Waals surface area (Å²) in [5.74, 6) is 3.41. The van der Waals surface area contributed by atoms with Gasteiger partial charge in [-0.3, -0.25) is 4.79 Å². The number of nitrogens with zero attached hydrogens (tertiary/aromatic N) is 1. The van der Waals surface area contributed by atoms with Crippen molar-refractivity contribution in [1.29, 1.82) is 0 Å². The minimum Gasteiger partial charge on any atom is -0.341 e. The van der Waals surface area contributed by atoms with E-state index in [1.165, 1.54) is 0 Å². The van der Waals surface area contributed by atoms with Crippen LogP contribution in [0.15, 0.2) is 0 Å². The second kappa shape index (κ2) is 7.27. The van der Waals surface area contributed by atoms with Crippen molar-refractivity contribution in [2.75, 3.05) is 31.1 Å². The number of amides is 1. The Hall–Kier alpha value is -0.220. The van der Waals surface area contributed by atoms with Crippen molar-refractivity contribution >= 4 is 17.7 Å². The topological polar surface area (TPSA) is 32.3 Å². The Kier molecular flexibility index (Phi) is 6.34. The lowest BCUT2D eigenvalue weighted by Gasteiger charge is -2.32. The van der Waals surface area contributed by atoms with E-state index in [1.54, 1.807) is 0 Å². The average Bonchev–Trinajstić information content (AvgIpc) is 2.27.